The molecule has 0 aliphatic heterocycles. The van der Waals surface area contributed by atoms with E-state index in [2.05, 4.69) is 40.8 Å². The van der Waals surface area contributed by atoms with Crippen LogP contribution >= 0.6 is 11.8 Å². The maximum Gasteiger partial charge on any atom is 0.223 e. The summed E-state index contributed by atoms with van der Waals surface area (Å²) in [5.74, 6) is 6.72. The Morgan fingerprint density at radius 1 is 1.28 bits per heavy atom. The fraction of sp³-hybridized carbons (Fsp3) is 0.636. The van der Waals surface area contributed by atoms with Gasteiger partial charge in [-0.05, 0) is 19.1 Å². The van der Waals surface area contributed by atoms with Gasteiger partial charge in [-0.2, -0.15) is 21.7 Å². The van der Waals surface area contributed by atoms with Crippen LogP contribution in [0, 0.1) is 0 Å². The van der Waals surface area contributed by atoms with E-state index in [1.807, 2.05) is 11.8 Å². The van der Waals surface area contributed by atoms with E-state index in [9.17, 15) is 0 Å². The van der Waals surface area contributed by atoms with Crippen molar-refractivity contribution in [1.82, 2.24) is 9.97 Å². The van der Waals surface area contributed by atoms with Gasteiger partial charge in [0.2, 0.25) is 5.95 Å². The Balaban J connectivity index is 2.76. The summed E-state index contributed by atoms with van der Waals surface area (Å²) in [7, 11) is 0. The average Bonchev–Trinajstić information content (AvgIpc) is 2.40. The van der Waals surface area contributed by atoms with Gasteiger partial charge >= 0.3 is 0 Å². The Hall–Kier alpha value is -1.21. The van der Waals surface area contributed by atoms with Gasteiger partial charge in [0.25, 0.3) is 0 Å². The maximum atomic E-state index is 5.61. The number of nitrogen functional groups attached to an aromatic ring is 2. The van der Waals surface area contributed by atoms with Gasteiger partial charge in [-0.1, -0.05) is 13.8 Å². The Bertz CT molecular complexity index is 372. The molecule has 0 fully saturated rings. The maximum absolute atomic E-state index is 5.61. The molecular weight excluding hydrogens is 248 g/mol. The van der Waals surface area contributed by atoms with E-state index in [0.29, 0.717) is 11.6 Å². The summed E-state index contributed by atoms with van der Waals surface area (Å²) < 4.78 is 0.218. The Labute approximate surface area is 112 Å². The minimum atomic E-state index is 0.204. The molecule has 6 nitrogen and oxygen atoms in total. The average molecular weight is 270 g/mol. The number of rotatable bonds is 7. The minimum Gasteiger partial charge on any atom is -0.368 e. The smallest absolute Gasteiger partial charge is 0.223 e. The summed E-state index contributed by atoms with van der Waals surface area (Å²) in [6.07, 6.45) is 4.33. The molecule has 0 aliphatic carbocycles. The van der Waals surface area contributed by atoms with Crippen LogP contribution in [-0.4, -0.2) is 27.5 Å². The number of hydrogen-bond acceptors (Lipinski definition) is 7. The van der Waals surface area contributed by atoms with E-state index < -0.39 is 0 Å². The molecule has 102 valence electrons. The van der Waals surface area contributed by atoms with E-state index in [4.69, 9.17) is 11.6 Å². The first-order valence-electron chi connectivity index (χ1n) is 5.99. The molecule has 0 spiro atoms. The van der Waals surface area contributed by atoms with Gasteiger partial charge in [0.05, 0.1) is 0 Å². The summed E-state index contributed by atoms with van der Waals surface area (Å²) in [4.78, 5) is 8.08. The number of nitrogens with zero attached hydrogens (tertiary/aromatic N) is 2. The summed E-state index contributed by atoms with van der Waals surface area (Å²) in [6, 6.07) is 1.74. The van der Waals surface area contributed by atoms with E-state index >= 15 is 0 Å². The molecule has 0 aromatic carbocycles. The standard InChI is InChI=1S/C11H22N6S/c1-4-11(5-2,18-3)7-14-8-6-9(17-13)16-10(12)15-8/h6H,4-5,7,13H2,1-3H3,(H4,12,14,15,16,17). The zero-order valence-electron chi connectivity index (χ0n) is 11.2. The van der Waals surface area contributed by atoms with Gasteiger partial charge in [0.1, 0.15) is 11.6 Å². The van der Waals surface area contributed by atoms with Crippen molar-refractivity contribution < 1.29 is 0 Å². The summed E-state index contributed by atoms with van der Waals surface area (Å²) >= 11 is 1.87. The molecule has 6 N–H and O–H groups in total. The quantitative estimate of drug-likeness (QED) is 0.441. The predicted molar refractivity (Wildman–Crippen MR) is 79.6 cm³/mol. The largest absolute Gasteiger partial charge is 0.368 e. The SMILES string of the molecule is CCC(CC)(CNc1cc(NN)nc(N)n1)SC. The van der Waals surface area contributed by atoms with Crippen molar-refractivity contribution in [3.8, 4) is 0 Å². The van der Waals surface area contributed by atoms with Crippen LogP contribution in [-0.2, 0) is 0 Å². The van der Waals surface area contributed by atoms with Gasteiger partial charge < -0.3 is 16.5 Å². The van der Waals surface area contributed by atoms with Crippen LogP contribution in [0.3, 0.4) is 0 Å². The van der Waals surface area contributed by atoms with Crippen LogP contribution in [0.1, 0.15) is 26.7 Å². The number of hydrogen-bond donors (Lipinski definition) is 4. The fourth-order valence-corrected chi connectivity index (χ4v) is 2.54. The first kappa shape index (κ1) is 14.8. The highest BCUT2D eigenvalue weighted by molar-refractivity contribution is 8.00. The second-order valence-corrected chi connectivity index (χ2v) is 5.36. The van der Waals surface area contributed by atoms with Crippen LogP contribution in [0.15, 0.2) is 6.07 Å². The van der Waals surface area contributed by atoms with E-state index in [-0.39, 0.29) is 10.7 Å². The Morgan fingerprint density at radius 3 is 2.39 bits per heavy atom. The van der Waals surface area contributed by atoms with Gasteiger partial charge in [-0.15, -0.1) is 0 Å². The van der Waals surface area contributed by atoms with Crippen LogP contribution in [0.5, 0.6) is 0 Å². The predicted octanol–water partition coefficient (Wildman–Crippen LogP) is 1.68. The molecule has 18 heavy (non-hydrogen) atoms. The summed E-state index contributed by atoms with van der Waals surface area (Å²) in [6.45, 7) is 5.23. The van der Waals surface area contributed by atoms with Crippen LogP contribution in [0.25, 0.3) is 0 Å². The van der Waals surface area contributed by atoms with Crippen molar-refractivity contribution >= 4 is 29.3 Å². The van der Waals surface area contributed by atoms with Crippen molar-refractivity contribution in [2.75, 3.05) is 29.3 Å². The molecule has 7 heteroatoms. The van der Waals surface area contributed by atoms with Crippen molar-refractivity contribution in [2.24, 2.45) is 5.84 Å². The van der Waals surface area contributed by atoms with Crippen molar-refractivity contribution in [3.63, 3.8) is 0 Å². The molecule has 0 atom stereocenters. The highest BCUT2D eigenvalue weighted by atomic mass is 32.2. The molecule has 1 heterocycles. The molecule has 0 bridgehead atoms. The van der Waals surface area contributed by atoms with Gasteiger partial charge in [0.15, 0.2) is 0 Å². The highest BCUT2D eigenvalue weighted by Gasteiger charge is 2.24. The number of anilines is 3. The number of thioether (sulfide) groups is 1. The van der Waals surface area contributed by atoms with Crippen molar-refractivity contribution in [3.05, 3.63) is 6.07 Å². The lowest BCUT2D eigenvalue weighted by Gasteiger charge is -2.30. The molecule has 0 unspecified atom stereocenters. The van der Waals surface area contributed by atoms with E-state index in [0.717, 1.165) is 19.4 Å². The Morgan fingerprint density at radius 2 is 1.89 bits per heavy atom. The number of nitrogens with two attached hydrogens (primary N) is 2. The monoisotopic (exact) mass is 270 g/mol. The molecule has 0 amide bonds. The lowest BCUT2D eigenvalue weighted by molar-refractivity contribution is 0.574. The van der Waals surface area contributed by atoms with Crippen molar-refractivity contribution in [2.45, 2.75) is 31.4 Å². The first-order chi connectivity index (χ1) is 8.59. The molecule has 1 rings (SSSR count). The third-order valence-corrected chi connectivity index (χ3v) is 4.79. The second kappa shape index (κ2) is 6.65. The van der Waals surface area contributed by atoms with E-state index in [1.54, 1.807) is 6.07 Å². The van der Waals surface area contributed by atoms with Crippen LogP contribution < -0.4 is 22.3 Å². The topological polar surface area (TPSA) is 102 Å². The first-order valence-corrected chi connectivity index (χ1v) is 7.21. The fourth-order valence-electron chi connectivity index (χ4n) is 1.74. The number of hydrazine groups is 1. The number of aromatic nitrogens is 2. The molecule has 1 aromatic heterocycles. The zero-order chi connectivity index (χ0) is 13.6. The highest BCUT2D eigenvalue weighted by Crippen LogP contribution is 2.30. The zero-order valence-corrected chi connectivity index (χ0v) is 12.0. The Kier molecular flexibility index (Phi) is 5.49. The molecule has 0 saturated heterocycles. The lowest BCUT2D eigenvalue weighted by atomic mass is 10.0. The summed E-state index contributed by atoms with van der Waals surface area (Å²) in [5.41, 5.74) is 8.08. The summed E-state index contributed by atoms with van der Waals surface area (Å²) in [5, 5.41) is 3.31. The van der Waals surface area contributed by atoms with Crippen molar-refractivity contribution in [1.29, 1.82) is 0 Å². The van der Waals surface area contributed by atoms with Crippen LogP contribution in [0.2, 0.25) is 0 Å². The molecule has 1 aromatic rings. The molecule has 0 radical (unpaired) electrons. The molecule has 0 saturated carbocycles. The van der Waals surface area contributed by atoms with Crippen LogP contribution in [0.4, 0.5) is 17.6 Å². The number of nitrogens with one attached hydrogen (secondary N) is 2. The third-order valence-electron chi connectivity index (χ3n) is 3.20. The molecular formula is C11H22N6S. The van der Waals surface area contributed by atoms with Gasteiger partial charge in [-0.25, -0.2) is 5.84 Å². The minimum absolute atomic E-state index is 0.204. The second-order valence-electron chi connectivity index (χ2n) is 4.09. The third kappa shape index (κ3) is 3.64. The normalized spacial score (nSPS) is 11.3. The van der Waals surface area contributed by atoms with E-state index in [1.165, 1.54) is 0 Å². The van der Waals surface area contributed by atoms with Gasteiger partial charge in [-0.3, -0.25) is 0 Å². The lowest BCUT2D eigenvalue weighted by Crippen LogP contribution is -2.32. The van der Waals surface area contributed by atoms with Gasteiger partial charge in [0, 0.05) is 17.4 Å². The molecule has 0 aliphatic rings.